The highest BCUT2D eigenvalue weighted by Gasteiger charge is 2.16. The van der Waals surface area contributed by atoms with Gasteiger partial charge in [-0.3, -0.25) is 0 Å². The Balaban J connectivity index is 0.00000407. The molecule has 1 aromatic heterocycles. The minimum absolute atomic E-state index is 0.299. The first-order valence-electron chi connectivity index (χ1n) is 11.2. The molecule has 0 fully saturated rings. The number of hydrogen-bond acceptors (Lipinski definition) is 6. The number of ether oxygens (including phenoxy) is 1. The molecule has 7 nitrogen and oxygen atoms in total. The number of hydrogen-bond donors (Lipinski definition) is 2. The van der Waals surface area contributed by atoms with Crippen LogP contribution >= 0.6 is 0 Å². The van der Waals surface area contributed by atoms with Crippen LogP contribution in [0.3, 0.4) is 0 Å². The molecule has 7 heteroatoms. The summed E-state index contributed by atoms with van der Waals surface area (Å²) >= 11 is 0. The van der Waals surface area contributed by atoms with Gasteiger partial charge in [0.1, 0.15) is 5.60 Å². The van der Waals surface area contributed by atoms with Crippen LogP contribution in [0.1, 0.15) is 98.3 Å². The highest BCUT2D eigenvalue weighted by molar-refractivity contribution is 5.67. The first-order chi connectivity index (χ1) is 14.2. The predicted molar refractivity (Wildman–Crippen MR) is 122 cm³/mol. The molecule has 0 aliphatic heterocycles. The molecular formula is C23H42N4O3. The van der Waals surface area contributed by atoms with Crippen LogP contribution in [0.4, 0.5) is 4.79 Å². The largest absolute Gasteiger partial charge is 0.444 e. The quantitative estimate of drug-likeness (QED) is 0.353. The molecule has 1 heterocycles. The van der Waals surface area contributed by atoms with E-state index >= 15 is 0 Å². The van der Waals surface area contributed by atoms with E-state index < -0.39 is 11.7 Å². The van der Waals surface area contributed by atoms with Crippen LogP contribution in [0.5, 0.6) is 0 Å². The number of carbonyl (C=O) groups is 1. The highest BCUT2D eigenvalue weighted by atomic mass is 16.6. The van der Waals surface area contributed by atoms with Crippen molar-refractivity contribution in [2.75, 3.05) is 6.54 Å². The number of unbranched alkanes of at least 4 members (excludes halogenated alkanes) is 1. The molecule has 3 N–H and O–H groups in total. The van der Waals surface area contributed by atoms with Crippen LogP contribution in [-0.2, 0) is 11.2 Å². The van der Waals surface area contributed by atoms with E-state index in [0.717, 1.165) is 25.7 Å². The fraction of sp³-hybridized carbons (Fsp3) is 0.696. The zero-order valence-corrected chi connectivity index (χ0v) is 20.0. The Morgan fingerprint density at radius 3 is 2.53 bits per heavy atom. The van der Waals surface area contributed by atoms with Crippen LogP contribution < -0.4 is 11.1 Å². The Kier molecular flexibility index (Phi) is 14.5. The molecule has 1 unspecified atom stereocenters. The molecule has 1 amide bonds. The second-order valence-electron chi connectivity index (χ2n) is 7.75. The average Bonchev–Trinajstić information content (AvgIpc) is 3.14. The first kappa shape index (κ1) is 27.8. The summed E-state index contributed by atoms with van der Waals surface area (Å²) in [6, 6.07) is -0.299. The van der Waals surface area contributed by atoms with E-state index in [0.29, 0.717) is 31.1 Å². The second kappa shape index (κ2) is 15.7. The molecule has 1 atom stereocenters. The summed E-state index contributed by atoms with van der Waals surface area (Å²) in [6.07, 6.45) is 11.0. The third kappa shape index (κ3) is 13.1. The van der Waals surface area contributed by atoms with Crippen molar-refractivity contribution in [3.8, 4) is 0 Å². The minimum Gasteiger partial charge on any atom is -0.444 e. The smallest absolute Gasteiger partial charge is 0.407 e. The Morgan fingerprint density at radius 2 is 1.93 bits per heavy atom. The van der Waals surface area contributed by atoms with Gasteiger partial charge in [-0.15, -0.1) is 0 Å². The van der Waals surface area contributed by atoms with E-state index in [1.165, 1.54) is 5.57 Å². The van der Waals surface area contributed by atoms with E-state index in [2.05, 4.69) is 47.5 Å². The number of nitrogens with zero attached hydrogens (tertiary/aromatic N) is 2. The Labute approximate surface area is 182 Å². The molecule has 0 saturated heterocycles. The Hall–Kier alpha value is -2.15. The van der Waals surface area contributed by atoms with Crippen molar-refractivity contribution in [2.45, 2.75) is 98.6 Å². The van der Waals surface area contributed by atoms with Crippen molar-refractivity contribution in [3.05, 3.63) is 35.5 Å². The van der Waals surface area contributed by atoms with Gasteiger partial charge in [0.05, 0.1) is 6.04 Å². The Morgan fingerprint density at radius 1 is 1.23 bits per heavy atom. The van der Waals surface area contributed by atoms with E-state index in [4.69, 9.17) is 15.0 Å². The maximum Gasteiger partial charge on any atom is 0.407 e. The van der Waals surface area contributed by atoms with Crippen molar-refractivity contribution in [2.24, 2.45) is 5.73 Å². The van der Waals surface area contributed by atoms with Crippen molar-refractivity contribution < 1.29 is 14.1 Å². The lowest BCUT2D eigenvalue weighted by atomic mass is 10.1. The number of allylic oxidation sites excluding steroid dienone is 4. The minimum atomic E-state index is -0.486. The van der Waals surface area contributed by atoms with Gasteiger partial charge in [0.2, 0.25) is 5.89 Å². The van der Waals surface area contributed by atoms with Gasteiger partial charge in [-0.1, -0.05) is 51.1 Å². The van der Waals surface area contributed by atoms with Crippen LogP contribution in [0.25, 0.3) is 0 Å². The summed E-state index contributed by atoms with van der Waals surface area (Å²) in [5, 5.41) is 6.80. The van der Waals surface area contributed by atoms with Crippen LogP contribution in [0.15, 0.2) is 28.3 Å². The van der Waals surface area contributed by atoms with Gasteiger partial charge in [0, 0.05) is 13.0 Å². The van der Waals surface area contributed by atoms with E-state index in [1.807, 2.05) is 34.6 Å². The number of amides is 1. The second-order valence-corrected chi connectivity index (χ2v) is 7.75. The summed E-state index contributed by atoms with van der Waals surface area (Å²) in [7, 11) is 0. The van der Waals surface area contributed by atoms with Gasteiger partial charge in [0.25, 0.3) is 0 Å². The maximum atomic E-state index is 11.6. The monoisotopic (exact) mass is 422 g/mol. The van der Waals surface area contributed by atoms with Crippen molar-refractivity contribution in [1.29, 1.82) is 0 Å². The lowest BCUT2D eigenvalue weighted by molar-refractivity contribution is 0.0527. The summed E-state index contributed by atoms with van der Waals surface area (Å²) in [4.78, 5) is 16.0. The number of alkyl carbamates (subject to hydrolysis) is 1. The molecule has 0 aliphatic rings. The first-order valence-corrected chi connectivity index (χ1v) is 11.2. The lowest BCUT2D eigenvalue weighted by Crippen LogP contribution is -2.33. The van der Waals surface area contributed by atoms with Gasteiger partial charge in [0.15, 0.2) is 5.82 Å². The van der Waals surface area contributed by atoms with Crippen molar-refractivity contribution >= 4 is 6.09 Å². The normalized spacial score (nSPS) is 13.0. The molecule has 1 rings (SSSR count). The molecule has 1 aromatic rings. The fourth-order valence-corrected chi connectivity index (χ4v) is 2.52. The van der Waals surface area contributed by atoms with Crippen LogP contribution in [0, 0.1) is 0 Å². The van der Waals surface area contributed by atoms with Crippen LogP contribution in [-0.4, -0.2) is 28.4 Å². The lowest BCUT2D eigenvalue weighted by Gasteiger charge is -2.19. The summed E-state index contributed by atoms with van der Waals surface area (Å²) in [6.45, 7) is 14.3. The molecule has 0 aromatic carbocycles. The fourth-order valence-electron chi connectivity index (χ4n) is 2.52. The molecule has 0 aliphatic carbocycles. The molecule has 0 spiro atoms. The summed E-state index contributed by atoms with van der Waals surface area (Å²) in [5.41, 5.74) is 6.86. The molecule has 0 bridgehead atoms. The summed E-state index contributed by atoms with van der Waals surface area (Å²) < 4.78 is 10.5. The zero-order chi connectivity index (χ0) is 23.0. The molecular weight excluding hydrogens is 380 g/mol. The highest BCUT2D eigenvalue weighted by Crippen LogP contribution is 2.16. The van der Waals surface area contributed by atoms with E-state index in [-0.39, 0.29) is 6.04 Å². The number of rotatable bonds is 11. The van der Waals surface area contributed by atoms with Gasteiger partial charge in [-0.05, 0) is 58.4 Å². The topological polar surface area (TPSA) is 103 Å². The molecule has 0 radical (unpaired) electrons. The average molecular weight is 423 g/mol. The summed E-state index contributed by atoms with van der Waals surface area (Å²) in [5.74, 6) is 1.11. The predicted octanol–water partition coefficient (Wildman–Crippen LogP) is 5.64. The molecule has 30 heavy (non-hydrogen) atoms. The molecule has 0 saturated carbocycles. The van der Waals surface area contributed by atoms with Gasteiger partial charge < -0.3 is 20.3 Å². The third-order valence-electron chi connectivity index (χ3n) is 3.81. The number of nitrogens with two attached hydrogens (primary N) is 1. The van der Waals surface area contributed by atoms with E-state index in [1.54, 1.807) is 0 Å². The Bertz CT molecular complexity index is 645. The van der Waals surface area contributed by atoms with Gasteiger partial charge in [-0.25, -0.2) is 4.79 Å². The van der Waals surface area contributed by atoms with Crippen molar-refractivity contribution in [1.82, 2.24) is 15.5 Å². The van der Waals surface area contributed by atoms with Gasteiger partial charge >= 0.3 is 6.09 Å². The zero-order valence-electron chi connectivity index (χ0n) is 20.0. The maximum absolute atomic E-state index is 11.6. The van der Waals surface area contributed by atoms with Crippen LogP contribution in [0.2, 0.25) is 0 Å². The SMILES string of the molecule is CC.CC/C=C\C(=C/CC)Cc1noc(C(N)CCCCNC(=O)OC(C)(C)C)n1. The van der Waals surface area contributed by atoms with E-state index in [9.17, 15) is 4.79 Å². The third-order valence-corrected chi connectivity index (χ3v) is 3.81. The standard InChI is InChI=1S/C21H36N4O3.C2H6/c1-6-8-12-16(11-7-2)15-18-24-19(28-25-18)17(22)13-9-10-14-23-20(26)27-21(3,4)5;1-2/h8,11-12,17H,6-7,9-10,13-15,22H2,1-5H3,(H,23,26);1-2H3/b12-8-,16-11+;. The number of nitrogens with one attached hydrogen (secondary N) is 1. The van der Waals surface area contributed by atoms with Crippen molar-refractivity contribution in [3.63, 3.8) is 0 Å². The number of aromatic nitrogens is 2. The number of carbonyl (C=O) groups excluding carboxylic acids is 1. The van der Waals surface area contributed by atoms with Gasteiger partial charge in [-0.2, -0.15) is 4.98 Å². The molecule has 172 valence electrons.